The van der Waals surface area contributed by atoms with Gasteiger partial charge < -0.3 is 4.74 Å². The Morgan fingerprint density at radius 1 is 1.21 bits per heavy atom. The molecule has 2 heterocycles. The van der Waals surface area contributed by atoms with E-state index >= 15 is 0 Å². The largest absolute Gasteiger partial charge is 0.469 e. The Morgan fingerprint density at radius 3 is 2.71 bits per heavy atom. The zero-order valence-corrected chi connectivity index (χ0v) is 15.6. The first-order valence-electron chi connectivity index (χ1n) is 7.89. The number of aromatic nitrogens is 4. The number of imidazole rings is 1. The molecule has 0 saturated heterocycles. The van der Waals surface area contributed by atoms with Crippen molar-refractivity contribution in [2.24, 2.45) is 0 Å². The summed E-state index contributed by atoms with van der Waals surface area (Å²) in [4.78, 5) is 4.46. The van der Waals surface area contributed by atoms with E-state index in [2.05, 4.69) is 57.9 Å². The van der Waals surface area contributed by atoms with Gasteiger partial charge in [0.2, 0.25) is 0 Å². The fraction of sp³-hybridized carbons (Fsp3) is 0.353. The maximum absolute atomic E-state index is 5.36. The van der Waals surface area contributed by atoms with E-state index in [0.717, 1.165) is 21.6 Å². The summed E-state index contributed by atoms with van der Waals surface area (Å²) in [6, 6.07) is 8.62. The predicted molar refractivity (Wildman–Crippen MR) is 98.3 cm³/mol. The molecule has 0 radical (unpaired) electrons. The van der Waals surface area contributed by atoms with E-state index in [9.17, 15) is 0 Å². The molecule has 0 atom stereocenters. The standard InChI is InChI=1S/C17H20N4OS2/c1-4-22-17-20-19-15(24-17)11-23-16-18-9-10-21(16)14-7-5-13(6-8-14)12(2)3/h5-10,12H,4,11H2,1-3H3. The summed E-state index contributed by atoms with van der Waals surface area (Å²) in [6.07, 6.45) is 3.81. The van der Waals surface area contributed by atoms with E-state index in [4.69, 9.17) is 4.74 Å². The summed E-state index contributed by atoms with van der Waals surface area (Å²) in [6.45, 7) is 6.95. The van der Waals surface area contributed by atoms with Gasteiger partial charge in [0.05, 0.1) is 12.4 Å². The monoisotopic (exact) mass is 360 g/mol. The molecule has 0 spiro atoms. The van der Waals surface area contributed by atoms with Crippen molar-refractivity contribution in [3.8, 4) is 10.9 Å². The number of thioether (sulfide) groups is 1. The van der Waals surface area contributed by atoms with Crippen molar-refractivity contribution in [2.75, 3.05) is 6.61 Å². The SMILES string of the molecule is CCOc1nnc(CSc2nccn2-c2ccc(C(C)C)cc2)s1. The third-order valence-corrected chi connectivity index (χ3v) is 5.48. The van der Waals surface area contributed by atoms with Crippen LogP contribution in [-0.2, 0) is 5.75 Å². The van der Waals surface area contributed by atoms with Gasteiger partial charge in [-0.3, -0.25) is 4.57 Å². The first-order chi connectivity index (χ1) is 11.7. The molecule has 0 bridgehead atoms. The minimum atomic E-state index is 0.535. The molecule has 0 fully saturated rings. The van der Waals surface area contributed by atoms with Gasteiger partial charge in [-0.1, -0.05) is 49.1 Å². The van der Waals surface area contributed by atoms with Gasteiger partial charge in [-0.15, -0.1) is 10.2 Å². The van der Waals surface area contributed by atoms with Gasteiger partial charge in [0.15, 0.2) is 5.16 Å². The highest BCUT2D eigenvalue weighted by molar-refractivity contribution is 7.98. The molecule has 126 valence electrons. The average molecular weight is 361 g/mol. The van der Waals surface area contributed by atoms with Crippen LogP contribution in [0.1, 0.15) is 37.3 Å². The summed E-state index contributed by atoms with van der Waals surface area (Å²) >= 11 is 3.13. The summed E-state index contributed by atoms with van der Waals surface area (Å²) in [5.74, 6) is 1.26. The topological polar surface area (TPSA) is 52.8 Å². The second kappa shape index (κ2) is 7.81. The Kier molecular flexibility index (Phi) is 5.52. The molecule has 2 aromatic heterocycles. The number of rotatable bonds is 7. The van der Waals surface area contributed by atoms with Crippen LogP contribution in [0.2, 0.25) is 0 Å². The summed E-state index contributed by atoms with van der Waals surface area (Å²) < 4.78 is 7.46. The molecule has 24 heavy (non-hydrogen) atoms. The highest BCUT2D eigenvalue weighted by Crippen LogP contribution is 2.28. The van der Waals surface area contributed by atoms with Crippen molar-refractivity contribution in [3.63, 3.8) is 0 Å². The Morgan fingerprint density at radius 2 is 2.00 bits per heavy atom. The van der Waals surface area contributed by atoms with Crippen LogP contribution in [0.25, 0.3) is 5.69 Å². The smallest absolute Gasteiger partial charge is 0.294 e. The van der Waals surface area contributed by atoms with Gasteiger partial charge >= 0.3 is 0 Å². The quantitative estimate of drug-likeness (QED) is 0.579. The Hall–Kier alpha value is -1.86. The van der Waals surface area contributed by atoms with E-state index < -0.39 is 0 Å². The molecule has 0 unspecified atom stereocenters. The van der Waals surface area contributed by atoms with Crippen LogP contribution in [0.4, 0.5) is 0 Å². The third-order valence-electron chi connectivity index (χ3n) is 3.49. The molecular formula is C17H20N4OS2. The molecule has 0 aliphatic carbocycles. The van der Waals surface area contributed by atoms with Gasteiger partial charge in [-0.05, 0) is 30.5 Å². The molecule has 7 heteroatoms. The van der Waals surface area contributed by atoms with Gasteiger partial charge in [-0.25, -0.2) is 4.98 Å². The minimum absolute atomic E-state index is 0.535. The predicted octanol–water partition coefficient (Wildman–Crippen LogP) is 4.54. The molecular weight excluding hydrogens is 340 g/mol. The number of hydrogen-bond donors (Lipinski definition) is 0. The number of nitrogens with zero attached hydrogens (tertiary/aromatic N) is 4. The highest BCUT2D eigenvalue weighted by atomic mass is 32.2. The second-order valence-corrected chi connectivity index (χ2v) is 7.48. The minimum Gasteiger partial charge on any atom is -0.469 e. The maximum atomic E-state index is 5.36. The zero-order chi connectivity index (χ0) is 16.9. The van der Waals surface area contributed by atoms with Gasteiger partial charge in [0.25, 0.3) is 5.19 Å². The molecule has 3 aromatic rings. The first-order valence-corrected chi connectivity index (χ1v) is 9.69. The lowest BCUT2D eigenvalue weighted by molar-refractivity contribution is 0.335. The fourth-order valence-corrected chi connectivity index (χ4v) is 3.92. The van der Waals surface area contributed by atoms with Crippen molar-refractivity contribution in [1.82, 2.24) is 19.7 Å². The highest BCUT2D eigenvalue weighted by Gasteiger charge is 2.10. The van der Waals surface area contributed by atoms with Crippen LogP contribution in [0, 0.1) is 0 Å². The van der Waals surface area contributed by atoms with Crippen LogP contribution < -0.4 is 4.74 Å². The van der Waals surface area contributed by atoms with Gasteiger partial charge in [0, 0.05) is 18.1 Å². The van der Waals surface area contributed by atoms with Crippen LogP contribution in [0.3, 0.4) is 0 Å². The normalized spacial score (nSPS) is 11.2. The number of ether oxygens (including phenoxy) is 1. The first kappa shape index (κ1) is 17.0. The van der Waals surface area contributed by atoms with Crippen LogP contribution in [-0.4, -0.2) is 26.4 Å². The molecule has 0 N–H and O–H groups in total. The summed E-state index contributed by atoms with van der Waals surface area (Å²) in [7, 11) is 0. The van der Waals surface area contributed by atoms with E-state index in [-0.39, 0.29) is 0 Å². The van der Waals surface area contributed by atoms with Crippen molar-refractivity contribution in [3.05, 3.63) is 47.2 Å². The van der Waals surface area contributed by atoms with Crippen molar-refractivity contribution in [2.45, 2.75) is 37.6 Å². The van der Waals surface area contributed by atoms with Crippen LogP contribution >= 0.6 is 23.1 Å². The lowest BCUT2D eigenvalue weighted by Gasteiger charge is -2.09. The Balaban J connectivity index is 1.70. The van der Waals surface area contributed by atoms with Crippen LogP contribution in [0.15, 0.2) is 41.8 Å². The maximum Gasteiger partial charge on any atom is 0.294 e. The third kappa shape index (κ3) is 3.96. The lowest BCUT2D eigenvalue weighted by Crippen LogP contribution is -1.96. The van der Waals surface area contributed by atoms with Gasteiger partial charge in [0.1, 0.15) is 5.01 Å². The molecule has 0 aliphatic rings. The van der Waals surface area contributed by atoms with Gasteiger partial charge in [-0.2, -0.15) is 0 Å². The van der Waals surface area contributed by atoms with E-state index in [1.165, 1.54) is 16.9 Å². The zero-order valence-electron chi connectivity index (χ0n) is 14.0. The number of benzene rings is 1. The van der Waals surface area contributed by atoms with Crippen molar-refractivity contribution >= 4 is 23.1 Å². The molecule has 1 aromatic carbocycles. The molecule has 5 nitrogen and oxygen atoms in total. The van der Waals surface area contributed by atoms with Crippen molar-refractivity contribution in [1.29, 1.82) is 0 Å². The second-order valence-electron chi connectivity index (χ2n) is 5.51. The van der Waals surface area contributed by atoms with E-state index in [1.54, 1.807) is 11.8 Å². The number of hydrogen-bond acceptors (Lipinski definition) is 6. The molecule has 3 rings (SSSR count). The van der Waals surface area contributed by atoms with Crippen molar-refractivity contribution < 1.29 is 4.74 Å². The molecule has 0 aliphatic heterocycles. The average Bonchev–Trinajstić information content (AvgIpc) is 3.22. The molecule has 0 saturated carbocycles. The fourth-order valence-electron chi connectivity index (χ4n) is 2.22. The summed E-state index contributed by atoms with van der Waals surface area (Å²) in [5.41, 5.74) is 2.46. The van der Waals surface area contributed by atoms with E-state index in [1.807, 2.05) is 19.3 Å². The van der Waals surface area contributed by atoms with E-state index in [0.29, 0.717) is 17.7 Å². The van der Waals surface area contributed by atoms with Crippen LogP contribution in [0.5, 0.6) is 5.19 Å². The summed E-state index contributed by atoms with van der Waals surface area (Å²) in [5, 5.41) is 10.7. The Labute approximate surface area is 150 Å². The lowest BCUT2D eigenvalue weighted by atomic mass is 10.0. The molecule has 0 amide bonds. The Bertz CT molecular complexity index is 780.